The molecular weight excluding hydrogens is 265 g/mol. The highest BCUT2D eigenvalue weighted by atomic mass is 19.4. The largest absolute Gasteiger partial charge is 0.416 e. The van der Waals surface area contributed by atoms with E-state index >= 15 is 0 Å². The molecule has 0 amide bonds. The zero-order valence-electron chi connectivity index (χ0n) is 11.1. The smallest absolute Gasteiger partial charge is 0.196 e. The number of halogens is 3. The third-order valence-electron chi connectivity index (χ3n) is 2.70. The third-order valence-corrected chi connectivity index (χ3v) is 2.70. The van der Waals surface area contributed by atoms with Crippen molar-refractivity contribution in [1.29, 1.82) is 10.5 Å². The molecule has 104 valence electrons. The van der Waals surface area contributed by atoms with Crippen LogP contribution in [-0.2, 0) is 12.6 Å². The molecule has 0 unspecified atom stereocenters. The predicted octanol–water partition coefficient (Wildman–Crippen LogP) is 4.25. The maximum atomic E-state index is 12.4. The Morgan fingerprint density at radius 3 is 1.95 bits per heavy atom. The Morgan fingerprint density at radius 1 is 1.10 bits per heavy atom. The van der Waals surface area contributed by atoms with E-state index in [1.54, 1.807) is 13.8 Å². The van der Waals surface area contributed by atoms with Crippen molar-refractivity contribution in [1.82, 2.24) is 0 Å². The lowest BCUT2D eigenvalue weighted by Gasteiger charge is -2.15. The summed E-state index contributed by atoms with van der Waals surface area (Å²) in [6.07, 6.45) is -2.80. The molecule has 0 aliphatic heterocycles. The van der Waals surface area contributed by atoms with Gasteiger partial charge in [-0.3, -0.25) is 0 Å². The Balaban J connectivity index is 3.07. The zero-order chi connectivity index (χ0) is 15.4. The Morgan fingerprint density at radius 2 is 1.60 bits per heavy atom. The Kier molecular flexibility index (Phi) is 4.57. The van der Waals surface area contributed by atoms with Crippen LogP contribution in [0.4, 0.5) is 13.2 Å². The summed E-state index contributed by atoms with van der Waals surface area (Å²) in [4.78, 5) is 0. The van der Waals surface area contributed by atoms with E-state index < -0.39 is 17.2 Å². The molecule has 0 aliphatic rings. The molecule has 20 heavy (non-hydrogen) atoms. The van der Waals surface area contributed by atoms with Gasteiger partial charge in [0.2, 0.25) is 0 Å². The second-order valence-electron chi connectivity index (χ2n) is 4.79. The number of benzene rings is 1. The maximum absolute atomic E-state index is 12.4. The van der Waals surface area contributed by atoms with Crippen LogP contribution in [0.2, 0.25) is 0 Å². The number of rotatable bonds is 3. The summed E-state index contributed by atoms with van der Waals surface area (Å²) in [7, 11) is 0. The highest BCUT2D eigenvalue weighted by Gasteiger charge is 2.31. The van der Waals surface area contributed by atoms with Crippen LogP contribution in [0.15, 0.2) is 35.9 Å². The van der Waals surface area contributed by atoms with Crippen LogP contribution >= 0.6 is 0 Å². The highest BCUT2D eigenvalue weighted by Crippen LogP contribution is 2.31. The molecule has 0 aromatic heterocycles. The van der Waals surface area contributed by atoms with Gasteiger partial charge >= 0.3 is 6.18 Å². The van der Waals surface area contributed by atoms with E-state index in [1.807, 2.05) is 12.1 Å². The average molecular weight is 278 g/mol. The number of nitriles is 2. The quantitative estimate of drug-likeness (QED) is 0.776. The Bertz CT molecular complexity index is 566. The van der Waals surface area contributed by atoms with Crippen molar-refractivity contribution in [2.24, 2.45) is 5.41 Å². The first-order valence-corrected chi connectivity index (χ1v) is 5.87. The lowest BCUT2D eigenvalue weighted by molar-refractivity contribution is -0.137. The van der Waals surface area contributed by atoms with Gasteiger partial charge in [0.15, 0.2) is 5.41 Å². The molecule has 1 rings (SSSR count). The van der Waals surface area contributed by atoms with Crippen LogP contribution in [0.3, 0.4) is 0 Å². The highest BCUT2D eigenvalue weighted by molar-refractivity contribution is 5.33. The first-order valence-electron chi connectivity index (χ1n) is 5.87. The number of allylic oxidation sites excluding steroid dienone is 2. The van der Waals surface area contributed by atoms with E-state index in [4.69, 9.17) is 0 Å². The molecule has 1 aromatic carbocycles. The summed E-state index contributed by atoms with van der Waals surface area (Å²) >= 11 is 0. The van der Waals surface area contributed by atoms with Crippen LogP contribution < -0.4 is 0 Å². The monoisotopic (exact) mass is 278 g/mol. The first-order chi connectivity index (χ1) is 9.22. The minimum Gasteiger partial charge on any atom is -0.196 e. The van der Waals surface area contributed by atoms with E-state index in [9.17, 15) is 23.7 Å². The van der Waals surface area contributed by atoms with Crippen molar-refractivity contribution in [2.45, 2.75) is 26.4 Å². The molecule has 1 aromatic rings. The molecule has 0 saturated heterocycles. The summed E-state index contributed by atoms with van der Waals surface area (Å²) in [5, 5.41) is 18.3. The Hall–Kier alpha value is -2.27. The lowest BCUT2D eigenvalue weighted by Crippen LogP contribution is -2.17. The fourth-order valence-corrected chi connectivity index (χ4v) is 1.85. The predicted molar refractivity (Wildman–Crippen MR) is 68.2 cm³/mol. The molecule has 0 N–H and O–H groups in total. The minimum atomic E-state index is -4.39. The maximum Gasteiger partial charge on any atom is 0.416 e. The van der Waals surface area contributed by atoms with E-state index in [0.717, 1.165) is 17.7 Å². The molecule has 0 radical (unpaired) electrons. The van der Waals surface area contributed by atoms with Gasteiger partial charge in [0, 0.05) is 6.42 Å². The molecule has 0 atom stereocenters. The van der Waals surface area contributed by atoms with Crippen LogP contribution in [-0.4, -0.2) is 0 Å². The summed E-state index contributed by atoms with van der Waals surface area (Å²) in [5.74, 6) is 0. The molecule has 0 fully saturated rings. The van der Waals surface area contributed by atoms with Gasteiger partial charge in [-0.1, -0.05) is 23.8 Å². The van der Waals surface area contributed by atoms with Crippen LogP contribution in [0, 0.1) is 28.1 Å². The molecule has 0 spiro atoms. The molecule has 2 nitrogen and oxygen atoms in total. The Labute approximate surface area is 115 Å². The molecule has 0 saturated carbocycles. The minimum absolute atomic E-state index is 0.0588. The van der Waals surface area contributed by atoms with E-state index in [2.05, 4.69) is 0 Å². The van der Waals surface area contributed by atoms with E-state index in [0.29, 0.717) is 5.56 Å². The topological polar surface area (TPSA) is 47.6 Å². The SMILES string of the molecule is CC(C)=CC(C#N)(C#N)Cc1ccc(C(F)(F)F)cc1. The van der Waals surface area contributed by atoms with Crippen molar-refractivity contribution < 1.29 is 13.2 Å². The van der Waals surface area contributed by atoms with Crippen LogP contribution in [0.1, 0.15) is 25.0 Å². The van der Waals surface area contributed by atoms with Crippen molar-refractivity contribution in [3.8, 4) is 12.1 Å². The van der Waals surface area contributed by atoms with E-state index in [-0.39, 0.29) is 6.42 Å². The average Bonchev–Trinajstić information content (AvgIpc) is 2.37. The fourth-order valence-electron chi connectivity index (χ4n) is 1.85. The number of nitrogens with zero attached hydrogens (tertiary/aromatic N) is 2. The van der Waals surface area contributed by atoms with E-state index in [1.165, 1.54) is 18.2 Å². The van der Waals surface area contributed by atoms with Crippen molar-refractivity contribution >= 4 is 0 Å². The molecular formula is C15H13F3N2. The number of hydrogen-bond acceptors (Lipinski definition) is 2. The van der Waals surface area contributed by atoms with Gasteiger partial charge in [-0.2, -0.15) is 23.7 Å². The number of hydrogen-bond donors (Lipinski definition) is 0. The second-order valence-corrected chi connectivity index (χ2v) is 4.79. The van der Waals surface area contributed by atoms with Gasteiger partial charge in [0.05, 0.1) is 17.7 Å². The lowest BCUT2D eigenvalue weighted by atomic mass is 9.83. The second kappa shape index (κ2) is 5.79. The summed E-state index contributed by atoms with van der Waals surface area (Å²) in [6, 6.07) is 8.37. The van der Waals surface area contributed by atoms with Gasteiger partial charge in [-0.05, 0) is 31.5 Å². The van der Waals surface area contributed by atoms with Crippen LogP contribution in [0.25, 0.3) is 0 Å². The van der Waals surface area contributed by atoms with Crippen molar-refractivity contribution in [3.05, 3.63) is 47.0 Å². The van der Waals surface area contributed by atoms with Crippen molar-refractivity contribution in [2.75, 3.05) is 0 Å². The molecule has 0 heterocycles. The molecule has 5 heteroatoms. The zero-order valence-corrected chi connectivity index (χ0v) is 11.1. The van der Waals surface area contributed by atoms with Crippen LogP contribution in [0.5, 0.6) is 0 Å². The van der Waals surface area contributed by atoms with Gasteiger partial charge in [-0.15, -0.1) is 0 Å². The van der Waals surface area contributed by atoms with Gasteiger partial charge < -0.3 is 0 Å². The summed E-state index contributed by atoms with van der Waals surface area (Å²) < 4.78 is 37.3. The van der Waals surface area contributed by atoms with Crippen molar-refractivity contribution in [3.63, 3.8) is 0 Å². The normalized spacial score (nSPS) is 11.3. The molecule has 0 aliphatic carbocycles. The van der Waals surface area contributed by atoms with Gasteiger partial charge in [-0.25, -0.2) is 0 Å². The standard InChI is InChI=1S/C15H13F3N2/c1-11(2)7-14(9-19,10-20)8-12-3-5-13(6-4-12)15(16,17)18/h3-7H,8H2,1-2H3. The summed E-state index contributed by atoms with van der Waals surface area (Å²) in [5.41, 5.74) is -0.778. The first kappa shape index (κ1) is 15.8. The third kappa shape index (κ3) is 3.86. The fraction of sp³-hybridized carbons (Fsp3) is 0.333. The number of alkyl halides is 3. The van der Waals surface area contributed by atoms with Gasteiger partial charge in [0.1, 0.15) is 0 Å². The van der Waals surface area contributed by atoms with Gasteiger partial charge in [0.25, 0.3) is 0 Å². The molecule has 0 bridgehead atoms. The summed E-state index contributed by atoms with van der Waals surface area (Å²) in [6.45, 7) is 3.52.